The van der Waals surface area contributed by atoms with Gasteiger partial charge >= 0.3 is 0 Å². The molecule has 4 heteroatoms. The van der Waals surface area contributed by atoms with E-state index in [9.17, 15) is 5.11 Å². The maximum atomic E-state index is 10.0. The number of allylic oxidation sites excluding steroid dienone is 1. The van der Waals surface area contributed by atoms with Gasteiger partial charge < -0.3 is 5.11 Å². The highest BCUT2D eigenvalue weighted by molar-refractivity contribution is 7.89. The molecule has 0 heterocycles. The SMILES string of the molecule is COSOC1CCC2(C)C(=CCC3C2CCC2(C)C(CCCCC(C)(C)O)CCC32)C1. The van der Waals surface area contributed by atoms with E-state index in [1.54, 1.807) is 12.7 Å². The van der Waals surface area contributed by atoms with Gasteiger partial charge in [0.15, 0.2) is 12.3 Å². The average molecular weight is 451 g/mol. The molecule has 0 amide bonds. The Kier molecular flexibility index (Phi) is 7.24. The number of fused-ring (bicyclic) bond motifs is 5. The van der Waals surface area contributed by atoms with Gasteiger partial charge in [0.05, 0.1) is 18.8 Å². The van der Waals surface area contributed by atoms with Gasteiger partial charge in [-0.15, -0.1) is 0 Å². The summed E-state index contributed by atoms with van der Waals surface area (Å²) < 4.78 is 10.9. The Morgan fingerprint density at radius 1 is 1.10 bits per heavy atom. The van der Waals surface area contributed by atoms with Gasteiger partial charge in [0, 0.05) is 0 Å². The van der Waals surface area contributed by atoms with E-state index in [4.69, 9.17) is 8.37 Å². The van der Waals surface area contributed by atoms with Crippen LogP contribution in [-0.4, -0.2) is 23.9 Å². The Bertz CT molecular complexity index is 655. The zero-order chi connectivity index (χ0) is 22.3. The Balaban J connectivity index is 1.40. The predicted octanol–water partition coefficient (Wildman–Crippen LogP) is 7.49. The molecule has 3 saturated carbocycles. The van der Waals surface area contributed by atoms with Gasteiger partial charge in [0.1, 0.15) is 0 Å². The number of unbranched alkanes of at least 4 members (excludes halogenated alkanes) is 1. The molecule has 0 aliphatic heterocycles. The molecule has 4 aliphatic carbocycles. The largest absolute Gasteiger partial charge is 0.390 e. The Morgan fingerprint density at radius 2 is 1.90 bits per heavy atom. The van der Waals surface area contributed by atoms with Crippen LogP contribution in [0.25, 0.3) is 0 Å². The molecule has 0 aromatic heterocycles. The lowest BCUT2D eigenvalue weighted by Crippen LogP contribution is -2.50. The lowest BCUT2D eigenvalue weighted by molar-refractivity contribution is -0.0488. The van der Waals surface area contributed by atoms with Crippen LogP contribution >= 0.6 is 12.3 Å². The van der Waals surface area contributed by atoms with E-state index in [0.717, 1.165) is 48.8 Å². The normalized spacial score (nSPS) is 42.5. The monoisotopic (exact) mass is 450 g/mol. The number of rotatable bonds is 8. The summed E-state index contributed by atoms with van der Waals surface area (Å²) in [6.45, 7) is 9.13. The van der Waals surface area contributed by atoms with Crippen molar-refractivity contribution in [3.8, 4) is 0 Å². The van der Waals surface area contributed by atoms with Crippen molar-refractivity contribution in [3.63, 3.8) is 0 Å². The van der Waals surface area contributed by atoms with Crippen LogP contribution in [-0.2, 0) is 8.37 Å². The van der Waals surface area contributed by atoms with Crippen molar-refractivity contribution in [2.24, 2.45) is 34.5 Å². The van der Waals surface area contributed by atoms with Crippen LogP contribution in [0.5, 0.6) is 0 Å². The average Bonchev–Trinajstić information content (AvgIpc) is 3.05. The Labute approximate surface area is 195 Å². The third-order valence-corrected chi connectivity index (χ3v) is 10.6. The van der Waals surface area contributed by atoms with Crippen LogP contribution in [0.1, 0.15) is 105 Å². The maximum Gasteiger partial charge on any atom is 0.158 e. The third kappa shape index (κ3) is 4.79. The quantitative estimate of drug-likeness (QED) is 0.236. The fourth-order valence-corrected chi connectivity index (χ4v) is 8.69. The van der Waals surface area contributed by atoms with Gasteiger partial charge in [-0.25, -0.2) is 0 Å². The lowest BCUT2D eigenvalue weighted by Gasteiger charge is -2.58. The standard InChI is InChI=1S/C27H46O3S/c1-25(2,28)15-7-6-8-19-10-12-23-22-11-9-20-18-21(30-31-29-5)13-16-27(20,4)24(22)14-17-26(19,23)3/h9,19,21-24,28H,6-8,10-18H2,1-5H3. The summed E-state index contributed by atoms with van der Waals surface area (Å²) in [7, 11) is 1.68. The van der Waals surface area contributed by atoms with Crippen LogP contribution in [0, 0.1) is 34.5 Å². The van der Waals surface area contributed by atoms with E-state index in [1.165, 1.54) is 64.2 Å². The lowest BCUT2D eigenvalue weighted by atomic mass is 9.47. The van der Waals surface area contributed by atoms with Gasteiger partial charge in [-0.1, -0.05) is 38.3 Å². The van der Waals surface area contributed by atoms with Crippen LogP contribution in [0.4, 0.5) is 0 Å². The van der Waals surface area contributed by atoms with Crippen LogP contribution in [0.3, 0.4) is 0 Å². The third-order valence-electron chi connectivity index (χ3n) is 10.1. The maximum absolute atomic E-state index is 10.0. The minimum atomic E-state index is -0.506. The fraction of sp³-hybridized carbons (Fsp3) is 0.926. The smallest absolute Gasteiger partial charge is 0.158 e. The molecule has 0 aromatic carbocycles. The Morgan fingerprint density at radius 3 is 2.65 bits per heavy atom. The van der Waals surface area contributed by atoms with E-state index in [0.29, 0.717) is 16.9 Å². The summed E-state index contributed by atoms with van der Waals surface area (Å²) in [5.74, 6) is 3.57. The Hall–Kier alpha value is -0.0300. The van der Waals surface area contributed by atoms with E-state index >= 15 is 0 Å². The highest BCUT2D eigenvalue weighted by Gasteiger charge is 2.58. The zero-order valence-electron chi connectivity index (χ0n) is 20.6. The zero-order valence-corrected chi connectivity index (χ0v) is 21.4. The summed E-state index contributed by atoms with van der Waals surface area (Å²) in [6.07, 6.45) is 18.3. The molecule has 3 nitrogen and oxygen atoms in total. The highest BCUT2D eigenvalue weighted by Crippen LogP contribution is 2.66. The van der Waals surface area contributed by atoms with Crippen molar-refractivity contribution >= 4 is 12.3 Å². The molecule has 7 atom stereocenters. The van der Waals surface area contributed by atoms with Crippen LogP contribution < -0.4 is 0 Å². The van der Waals surface area contributed by atoms with Gasteiger partial charge in [-0.05, 0) is 113 Å². The van der Waals surface area contributed by atoms with Gasteiger partial charge in [0.2, 0.25) is 0 Å². The molecule has 4 aliphatic rings. The molecular weight excluding hydrogens is 404 g/mol. The fourth-order valence-electron chi connectivity index (χ4n) is 8.34. The molecule has 3 fully saturated rings. The second-order valence-electron chi connectivity index (χ2n) is 12.3. The van der Waals surface area contributed by atoms with E-state index in [2.05, 4.69) is 19.9 Å². The molecule has 0 saturated heterocycles. The van der Waals surface area contributed by atoms with Crippen molar-refractivity contribution in [2.75, 3.05) is 7.11 Å². The molecule has 4 rings (SSSR count). The summed E-state index contributed by atoms with van der Waals surface area (Å²) in [6, 6.07) is 0. The first kappa shape index (κ1) is 24.1. The summed E-state index contributed by atoms with van der Waals surface area (Å²) in [5, 5.41) is 10.0. The first-order chi connectivity index (χ1) is 14.7. The summed E-state index contributed by atoms with van der Waals surface area (Å²) >= 11 is 1.16. The minimum absolute atomic E-state index is 0.314. The highest BCUT2D eigenvalue weighted by atomic mass is 32.2. The second-order valence-corrected chi connectivity index (χ2v) is 13.0. The number of hydrogen-bond donors (Lipinski definition) is 1. The van der Waals surface area contributed by atoms with Crippen molar-refractivity contribution in [2.45, 2.75) is 116 Å². The molecule has 31 heavy (non-hydrogen) atoms. The van der Waals surface area contributed by atoms with Gasteiger partial charge in [-0.3, -0.25) is 8.37 Å². The van der Waals surface area contributed by atoms with E-state index in [1.807, 2.05) is 13.8 Å². The summed E-state index contributed by atoms with van der Waals surface area (Å²) in [4.78, 5) is 0. The number of hydrogen-bond acceptors (Lipinski definition) is 4. The molecule has 178 valence electrons. The van der Waals surface area contributed by atoms with Gasteiger partial charge in [0.25, 0.3) is 0 Å². The summed E-state index contributed by atoms with van der Waals surface area (Å²) in [5.41, 5.74) is 2.12. The van der Waals surface area contributed by atoms with E-state index < -0.39 is 5.60 Å². The molecule has 0 radical (unpaired) electrons. The molecule has 0 aromatic rings. The first-order valence-corrected chi connectivity index (χ1v) is 13.6. The minimum Gasteiger partial charge on any atom is -0.390 e. The first-order valence-electron chi connectivity index (χ1n) is 13.0. The second kappa shape index (κ2) is 9.31. The molecule has 0 bridgehead atoms. The molecular formula is C27H46O3S. The number of aliphatic hydroxyl groups is 1. The molecule has 7 unspecified atom stereocenters. The van der Waals surface area contributed by atoms with Crippen LogP contribution in [0.2, 0.25) is 0 Å². The molecule has 1 N–H and O–H groups in total. The van der Waals surface area contributed by atoms with Crippen molar-refractivity contribution in [1.29, 1.82) is 0 Å². The predicted molar refractivity (Wildman–Crippen MR) is 129 cm³/mol. The van der Waals surface area contributed by atoms with Crippen molar-refractivity contribution in [3.05, 3.63) is 11.6 Å². The van der Waals surface area contributed by atoms with Gasteiger partial charge in [-0.2, -0.15) is 0 Å². The van der Waals surface area contributed by atoms with E-state index in [-0.39, 0.29) is 0 Å². The topological polar surface area (TPSA) is 38.7 Å². The van der Waals surface area contributed by atoms with Crippen molar-refractivity contribution in [1.82, 2.24) is 0 Å². The molecule has 0 spiro atoms. The van der Waals surface area contributed by atoms with Crippen molar-refractivity contribution < 1.29 is 13.5 Å². The van der Waals surface area contributed by atoms with Crippen LogP contribution in [0.15, 0.2) is 11.6 Å².